The van der Waals surface area contributed by atoms with E-state index in [-0.39, 0.29) is 5.54 Å². The molecular weight excluding hydrogens is 162 g/mol. The molecule has 2 bridgehead atoms. The molecule has 1 saturated carbocycles. The third-order valence-corrected chi connectivity index (χ3v) is 4.35. The Morgan fingerprint density at radius 1 is 1.23 bits per heavy atom. The molecule has 5 atom stereocenters. The van der Waals surface area contributed by atoms with Gasteiger partial charge in [0.1, 0.15) is 6.10 Å². The molecule has 0 spiro atoms. The summed E-state index contributed by atoms with van der Waals surface area (Å²) in [5, 5.41) is 0. The lowest BCUT2D eigenvalue weighted by Gasteiger charge is -2.34. The van der Waals surface area contributed by atoms with Crippen LogP contribution in [0.3, 0.4) is 0 Å². The fourth-order valence-corrected chi connectivity index (χ4v) is 2.99. The average Bonchev–Trinajstić information content (AvgIpc) is 2.20. The van der Waals surface area contributed by atoms with Crippen molar-refractivity contribution in [2.45, 2.75) is 46.3 Å². The van der Waals surface area contributed by atoms with Gasteiger partial charge in [-0.2, -0.15) is 0 Å². The second kappa shape index (κ2) is 2.49. The zero-order valence-electron chi connectivity index (χ0n) is 9.16. The van der Waals surface area contributed by atoms with Gasteiger partial charge >= 0.3 is 0 Å². The quantitative estimate of drug-likeness (QED) is 0.562. The van der Waals surface area contributed by atoms with E-state index in [2.05, 4.69) is 32.7 Å². The molecule has 2 nitrogen and oxygen atoms in total. The molecule has 74 valence electrons. The number of ether oxygens (including phenoxy) is 1. The Labute approximate surface area is 80.4 Å². The molecule has 0 radical (unpaired) electrons. The summed E-state index contributed by atoms with van der Waals surface area (Å²) in [6.45, 7) is 11.1. The van der Waals surface area contributed by atoms with Crippen LogP contribution in [0, 0.1) is 17.8 Å². The van der Waals surface area contributed by atoms with Crippen molar-refractivity contribution in [1.29, 1.82) is 0 Å². The number of fused-ring (bicyclic) bond motifs is 2. The van der Waals surface area contributed by atoms with Gasteiger partial charge in [0.05, 0.1) is 5.54 Å². The van der Waals surface area contributed by atoms with Crippen LogP contribution in [0.2, 0.25) is 0 Å². The van der Waals surface area contributed by atoms with Gasteiger partial charge in [-0.3, -0.25) is 0 Å². The van der Waals surface area contributed by atoms with Gasteiger partial charge in [0, 0.05) is 12.8 Å². The van der Waals surface area contributed by atoms with Crippen LogP contribution >= 0.6 is 0 Å². The van der Waals surface area contributed by atoms with Crippen molar-refractivity contribution in [3.63, 3.8) is 0 Å². The highest BCUT2D eigenvalue weighted by atomic mass is 16.5. The molecule has 0 amide bonds. The average molecular weight is 181 g/mol. The molecule has 1 aliphatic carbocycles. The molecule has 0 aromatic carbocycles. The Hall–Kier alpha value is -0.530. The second-order valence-electron chi connectivity index (χ2n) is 4.88. The lowest BCUT2D eigenvalue weighted by molar-refractivity contribution is 0.0892. The summed E-state index contributed by atoms with van der Waals surface area (Å²) in [6.07, 6.45) is 0.387. The molecule has 0 aromatic rings. The maximum atomic E-state index is 5.79. The Morgan fingerprint density at radius 3 is 2.38 bits per heavy atom. The van der Waals surface area contributed by atoms with Gasteiger partial charge in [-0.1, -0.05) is 20.8 Å². The monoisotopic (exact) mass is 181 g/mol. The van der Waals surface area contributed by atoms with Gasteiger partial charge in [-0.25, -0.2) is 4.99 Å². The van der Waals surface area contributed by atoms with Crippen molar-refractivity contribution in [2.75, 3.05) is 0 Å². The largest absolute Gasteiger partial charge is 0.477 e. The van der Waals surface area contributed by atoms with Gasteiger partial charge in [-0.15, -0.1) is 0 Å². The van der Waals surface area contributed by atoms with E-state index in [0.29, 0.717) is 23.9 Å². The van der Waals surface area contributed by atoms with Crippen LogP contribution in [-0.2, 0) is 4.74 Å². The van der Waals surface area contributed by atoms with Gasteiger partial charge in [-0.05, 0) is 18.8 Å². The first-order valence-corrected chi connectivity index (χ1v) is 5.20. The molecule has 1 fully saturated rings. The van der Waals surface area contributed by atoms with Crippen molar-refractivity contribution in [2.24, 2.45) is 22.7 Å². The highest BCUT2D eigenvalue weighted by Gasteiger charge is 2.55. The van der Waals surface area contributed by atoms with Gasteiger partial charge in [0.2, 0.25) is 0 Å². The standard InChI is InChI=1S/C11H19NO/c1-6-7(2)11(5)8(3)10(6)13-9(4)12-11/h6-8,10H,1-5H3. The van der Waals surface area contributed by atoms with E-state index in [4.69, 9.17) is 4.74 Å². The summed E-state index contributed by atoms with van der Waals surface area (Å²) in [7, 11) is 0. The zero-order chi connectivity index (χ0) is 9.80. The Kier molecular flexibility index (Phi) is 1.73. The first-order chi connectivity index (χ1) is 5.97. The molecule has 13 heavy (non-hydrogen) atoms. The van der Waals surface area contributed by atoms with Crippen molar-refractivity contribution >= 4 is 5.90 Å². The number of hydrogen-bond acceptors (Lipinski definition) is 2. The van der Waals surface area contributed by atoms with Gasteiger partial charge in [0.25, 0.3) is 0 Å². The number of aliphatic imine (C=N–C) groups is 1. The lowest BCUT2D eigenvalue weighted by Crippen LogP contribution is -2.39. The minimum atomic E-state index is 0.117. The first kappa shape index (κ1) is 9.04. The molecule has 1 aliphatic heterocycles. The van der Waals surface area contributed by atoms with Crippen LogP contribution in [0.4, 0.5) is 0 Å². The second-order valence-corrected chi connectivity index (χ2v) is 4.88. The van der Waals surface area contributed by atoms with E-state index in [1.807, 2.05) is 6.92 Å². The Balaban J connectivity index is 2.44. The van der Waals surface area contributed by atoms with E-state index in [0.717, 1.165) is 5.90 Å². The Bertz CT molecular complexity index is 255. The van der Waals surface area contributed by atoms with E-state index in [1.165, 1.54) is 0 Å². The minimum absolute atomic E-state index is 0.117. The number of nitrogens with zero attached hydrogens (tertiary/aromatic N) is 1. The summed E-state index contributed by atoms with van der Waals surface area (Å²) >= 11 is 0. The van der Waals surface area contributed by atoms with E-state index in [9.17, 15) is 0 Å². The third-order valence-electron chi connectivity index (χ3n) is 4.35. The fraction of sp³-hybridized carbons (Fsp3) is 0.909. The zero-order valence-corrected chi connectivity index (χ0v) is 9.16. The SMILES string of the molecule is CC1=NC2(C)C(C)C(C)C(O1)C2C. The van der Waals surface area contributed by atoms with Crippen molar-refractivity contribution in [3.05, 3.63) is 0 Å². The first-order valence-electron chi connectivity index (χ1n) is 5.20. The summed E-state index contributed by atoms with van der Waals surface area (Å²) in [5.74, 6) is 2.69. The van der Waals surface area contributed by atoms with Crippen LogP contribution in [-0.4, -0.2) is 17.5 Å². The Morgan fingerprint density at radius 2 is 1.85 bits per heavy atom. The minimum Gasteiger partial charge on any atom is -0.477 e. The van der Waals surface area contributed by atoms with Crippen molar-refractivity contribution in [3.8, 4) is 0 Å². The normalized spacial score (nSPS) is 54.4. The molecule has 1 heterocycles. The third kappa shape index (κ3) is 0.976. The van der Waals surface area contributed by atoms with Crippen molar-refractivity contribution < 1.29 is 4.74 Å². The fourth-order valence-electron chi connectivity index (χ4n) is 2.99. The maximum absolute atomic E-state index is 5.79. The highest BCUT2D eigenvalue weighted by Crippen LogP contribution is 2.50. The van der Waals surface area contributed by atoms with E-state index < -0.39 is 0 Å². The molecule has 0 saturated heterocycles. The van der Waals surface area contributed by atoms with Crippen molar-refractivity contribution in [1.82, 2.24) is 0 Å². The van der Waals surface area contributed by atoms with Crippen LogP contribution < -0.4 is 0 Å². The van der Waals surface area contributed by atoms with Crippen LogP contribution in [0.1, 0.15) is 34.6 Å². The lowest BCUT2D eigenvalue weighted by atomic mass is 9.83. The molecule has 0 aromatic heterocycles. The molecular formula is C11H19NO. The van der Waals surface area contributed by atoms with Crippen LogP contribution in [0.25, 0.3) is 0 Å². The summed E-state index contributed by atoms with van der Waals surface area (Å²) in [6, 6.07) is 0. The molecule has 2 rings (SSSR count). The molecule has 5 unspecified atom stereocenters. The predicted molar refractivity (Wildman–Crippen MR) is 53.9 cm³/mol. The topological polar surface area (TPSA) is 21.6 Å². The summed E-state index contributed by atoms with van der Waals surface area (Å²) in [4.78, 5) is 4.68. The van der Waals surface area contributed by atoms with E-state index >= 15 is 0 Å². The van der Waals surface area contributed by atoms with Gasteiger partial charge < -0.3 is 4.74 Å². The van der Waals surface area contributed by atoms with Crippen LogP contribution in [0.5, 0.6) is 0 Å². The molecule has 2 aliphatic rings. The predicted octanol–water partition coefficient (Wildman–Crippen LogP) is 2.48. The summed E-state index contributed by atoms with van der Waals surface area (Å²) < 4.78 is 5.79. The number of rotatable bonds is 0. The number of hydrogen-bond donors (Lipinski definition) is 0. The molecule has 2 heteroatoms. The smallest absolute Gasteiger partial charge is 0.180 e. The molecule has 0 N–H and O–H groups in total. The summed E-state index contributed by atoms with van der Waals surface area (Å²) in [5.41, 5.74) is 0.117. The van der Waals surface area contributed by atoms with Crippen LogP contribution in [0.15, 0.2) is 4.99 Å². The maximum Gasteiger partial charge on any atom is 0.180 e. The van der Waals surface area contributed by atoms with E-state index in [1.54, 1.807) is 0 Å². The van der Waals surface area contributed by atoms with Gasteiger partial charge in [0.15, 0.2) is 5.90 Å². The highest BCUT2D eigenvalue weighted by molar-refractivity contribution is 5.75.